The van der Waals surface area contributed by atoms with Crippen LogP contribution in [0.25, 0.3) is 0 Å². The zero-order valence-electron chi connectivity index (χ0n) is 15.0. The van der Waals surface area contributed by atoms with Gasteiger partial charge in [-0.3, -0.25) is 9.69 Å². The van der Waals surface area contributed by atoms with E-state index < -0.39 is 0 Å². The van der Waals surface area contributed by atoms with Crippen LogP contribution in [0.2, 0.25) is 0 Å². The number of piperidine rings is 1. The Morgan fingerprint density at radius 1 is 1.42 bits per heavy atom. The number of nitrogens with one attached hydrogen (secondary N) is 1. The van der Waals surface area contributed by atoms with Gasteiger partial charge in [0.1, 0.15) is 0 Å². The number of likely N-dealkylation sites (tertiary alicyclic amines) is 1. The topological polar surface area (TPSA) is 67.6 Å². The fraction of sp³-hybridized carbons (Fsp3) is 0.632. The second kappa shape index (κ2) is 9.77. The number of nitrogens with zero attached hydrogens (tertiary/aromatic N) is 1. The number of carbonyl (C=O) groups is 1. The third-order valence-electron chi connectivity index (χ3n) is 4.74. The summed E-state index contributed by atoms with van der Waals surface area (Å²) in [6.45, 7) is 6.51. The Hall–Kier alpha value is -1.43. The summed E-state index contributed by atoms with van der Waals surface area (Å²) in [7, 11) is 1.58. The van der Waals surface area contributed by atoms with Crippen molar-refractivity contribution < 1.29 is 9.53 Å². The lowest BCUT2D eigenvalue weighted by Gasteiger charge is -2.31. The molecule has 1 amide bonds. The van der Waals surface area contributed by atoms with E-state index in [1.165, 1.54) is 24.0 Å². The number of methoxy groups -OCH3 is 1. The quantitative estimate of drug-likeness (QED) is 0.762. The van der Waals surface area contributed by atoms with Crippen LogP contribution in [0.4, 0.5) is 0 Å². The molecule has 0 radical (unpaired) electrons. The van der Waals surface area contributed by atoms with Crippen LogP contribution in [0.1, 0.15) is 37.3 Å². The van der Waals surface area contributed by atoms with Gasteiger partial charge >= 0.3 is 0 Å². The average molecular weight is 333 g/mol. The zero-order chi connectivity index (χ0) is 17.4. The first-order chi connectivity index (χ1) is 11.6. The Balaban J connectivity index is 1.90. The Kier molecular flexibility index (Phi) is 7.69. The van der Waals surface area contributed by atoms with E-state index in [0.29, 0.717) is 19.5 Å². The lowest BCUT2D eigenvalue weighted by Crippen LogP contribution is -2.34. The van der Waals surface area contributed by atoms with Crippen molar-refractivity contribution in [1.29, 1.82) is 0 Å². The van der Waals surface area contributed by atoms with Crippen LogP contribution in [0.3, 0.4) is 0 Å². The maximum Gasteiger partial charge on any atom is 0.222 e. The van der Waals surface area contributed by atoms with Gasteiger partial charge in [0.05, 0.1) is 12.5 Å². The largest absolute Gasteiger partial charge is 0.380 e. The number of nitrogens with two attached hydrogens (primary N) is 1. The number of hydrogen-bond donors (Lipinski definition) is 2. The fourth-order valence-electron chi connectivity index (χ4n) is 3.29. The van der Waals surface area contributed by atoms with Crippen molar-refractivity contribution in [3.05, 3.63) is 35.4 Å². The van der Waals surface area contributed by atoms with Gasteiger partial charge in [-0.15, -0.1) is 0 Å². The van der Waals surface area contributed by atoms with Gasteiger partial charge in [0.2, 0.25) is 5.91 Å². The Morgan fingerprint density at radius 2 is 2.17 bits per heavy atom. The summed E-state index contributed by atoms with van der Waals surface area (Å²) in [5.74, 6) is 0.751. The van der Waals surface area contributed by atoms with Crippen LogP contribution in [0.5, 0.6) is 0 Å². The van der Waals surface area contributed by atoms with E-state index in [1.807, 2.05) is 6.07 Å². The molecule has 0 spiro atoms. The minimum atomic E-state index is -0.213. The standard InChI is InChI=1S/C19H31N3O2/c1-15-6-5-9-22(13-15)14-17-8-4-3-7-16(17)12-21-19(23)10-18(11-20)24-2/h3-4,7-8,15,18H,5-6,9-14,20H2,1-2H3,(H,21,23). The normalized spacial score (nSPS) is 19.9. The van der Waals surface area contributed by atoms with Crippen LogP contribution in [-0.4, -0.2) is 43.7 Å². The molecular weight excluding hydrogens is 302 g/mol. The number of hydrogen-bond acceptors (Lipinski definition) is 4. The molecule has 1 fully saturated rings. The van der Waals surface area contributed by atoms with Crippen molar-refractivity contribution in [2.75, 3.05) is 26.7 Å². The highest BCUT2D eigenvalue weighted by atomic mass is 16.5. The second-order valence-corrected chi connectivity index (χ2v) is 6.83. The number of rotatable bonds is 8. The van der Waals surface area contributed by atoms with E-state index in [9.17, 15) is 4.79 Å². The van der Waals surface area contributed by atoms with Gasteiger partial charge in [-0.25, -0.2) is 0 Å². The van der Waals surface area contributed by atoms with Crippen LogP contribution in [0, 0.1) is 5.92 Å². The summed E-state index contributed by atoms with van der Waals surface area (Å²) < 4.78 is 5.16. The maximum absolute atomic E-state index is 12.0. The van der Waals surface area contributed by atoms with Crippen molar-refractivity contribution in [2.24, 2.45) is 11.7 Å². The Bertz CT molecular complexity index is 517. The van der Waals surface area contributed by atoms with Crippen molar-refractivity contribution in [3.63, 3.8) is 0 Å². The van der Waals surface area contributed by atoms with Crippen molar-refractivity contribution in [3.8, 4) is 0 Å². The zero-order valence-corrected chi connectivity index (χ0v) is 15.0. The minimum absolute atomic E-state index is 0.0197. The highest BCUT2D eigenvalue weighted by Crippen LogP contribution is 2.19. The van der Waals surface area contributed by atoms with Crippen LogP contribution in [0.15, 0.2) is 24.3 Å². The molecule has 0 saturated carbocycles. The van der Waals surface area contributed by atoms with Crippen molar-refractivity contribution in [2.45, 2.75) is 45.4 Å². The predicted octanol–water partition coefficient (Wildman–Crippen LogP) is 1.90. The van der Waals surface area contributed by atoms with Crippen LogP contribution in [-0.2, 0) is 22.6 Å². The Morgan fingerprint density at radius 3 is 2.83 bits per heavy atom. The third kappa shape index (κ3) is 5.89. The molecule has 2 unspecified atom stereocenters. The molecule has 0 aromatic heterocycles. The highest BCUT2D eigenvalue weighted by molar-refractivity contribution is 5.76. The number of ether oxygens (including phenoxy) is 1. The monoisotopic (exact) mass is 333 g/mol. The molecule has 0 bridgehead atoms. The first-order valence-electron chi connectivity index (χ1n) is 8.91. The van der Waals surface area contributed by atoms with Gasteiger partial charge < -0.3 is 15.8 Å². The molecule has 24 heavy (non-hydrogen) atoms. The maximum atomic E-state index is 12.0. The van der Waals surface area contributed by atoms with E-state index in [2.05, 4.69) is 35.3 Å². The van der Waals surface area contributed by atoms with E-state index in [4.69, 9.17) is 10.5 Å². The fourth-order valence-corrected chi connectivity index (χ4v) is 3.29. The van der Waals surface area contributed by atoms with Gasteiger partial charge in [0.25, 0.3) is 0 Å². The summed E-state index contributed by atoms with van der Waals surface area (Å²) >= 11 is 0. The molecule has 3 N–H and O–H groups in total. The SMILES string of the molecule is COC(CN)CC(=O)NCc1ccccc1CN1CCCC(C)C1. The molecule has 1 aliphatic heterocycles. The van der Waals surface area contributed by atoms with Crippen LogP contribution < -0.4 is 11.1 Å². The van der Waals surface area contributed by atoms with Gasteiger partial charge in [-0.05, 0) is 36.4 Å². The van der Waals surface area contributed by atoms with Crippen LogP contribution >= 0.6 is 0 Å². The molecule has 2 rings (SSSR count). The molecule has 5 heteroatoms. The van der Waals surface area contributed by atoms with E-state index in [1.54, 1.807) is 7.11 Å². The van der Waals surface area contributed by atoms with E-state index in [0.717, 1.165) is 25.6 Å². The van der Waals surface area contributed by atoms with Gasteiger partial charge in [-0.1, -0.05) is 31.2 Å². The smallest absolute Gasteiger partial charge is 0.222 e. The molecule has 1 saturated heterocycles. The minimum Gasteiger partial charge on any atom is -0.380 e. The summed E-state index contributed by atoms with van der Waals surface area (Å²) in [6, 6.07) is 8.36. The first kappa shape index (κ1) is 18.9. The second-order valence-electron chi connectivity index (χ2n) is 6.83. The van der Waals surface area contributed by atoms with Gasteiger partial charge in [0.15, 0.2) is 0 Å². The molecule has 1 aromatic rings. The van der Waals surface area contributed by atoms with Crippen molar-refractivity contribution >= 4 is 5.91 Å². The summed E-state index contributed by atoms with van der Waals surface area (Å²) in [6.07, 6.45) is 2.70. The molecule has 0 aliphatic carbocycles. The predicted molar refractivity (Wildman–Crippen MR) is 96.4 cm³/mol. The molecule has 1 aliphatic rings. The summed E-state index contributed by atoms with van der Waals surface area (Å²) in [4.78, 5) is 14.5. The molecule has 5 nitrogen and oxygen atoms in total. The summed E-state index contributed by atoms with van der Waals surface area (Å²) in [5.41, 5.74) is 8.05. The summed E-state index contributed by atoms with van der Waals surface area (Å²) in [5, 5.41) is 2.99. The number of carbonyl (C=O) groups excluding carboxylic acids is 1. The molecule has 1 aromatic carbocycles. The molecular formula is C19H31N3O2. The number of amides is 1. The molecule has 1 heterocycles. The average Bonchev–Trinajstić information content (AvgIpc) is 2.59. The lowest BCUT2D eigenvalue weighted by molar-refractivity contribution is -0.123. The van der Waals surface area contributed by atoms with Gasteiger partial charge in [0, 0.05) is 33.3 Å². The lowest BCUT2D eigenvalue weighted by atomic mass is 9.99. The van der Waals surface area contributed by atoms with E-state index >= 15 is 0 Å². The first-order valence-corrected chi connectivity index (χ1v) is 8.91. The third-order valence-corrected chi connectivity index (χ3v) is 4.74. The molecule has 134 valence electrons. The molecule has 2 atom stereocenters. The highest BCUT2D eigenvalue weighted by Gasteiger charge is 2.17. The van der Waals surface area contributed by atoms with E-state index in [-0.39, 0.29) is 12.0 Å². The van der Waals surface area contributed by atoms with Crippen molar-refractivity contribution in [1.82, 2.24) is 10.2 Å². The Labute approximate surface area is 145 Å². The number of benzene rings is 1. The van der Waals surface area contributed by atoms with Gasteiger partial charge in [-0.2, -0.15) is 0 Å².